The van der Waals surface area contributed by atoms with Crippen molar-refractivity contribution in [1.82, 2.24) is 5.32 Å². The Morgan fingerprint density at radius 1 is 1.28 bits per heavy atom. The summed E-state index contributed by atoms with van der Waals surface area (Å²) in [5.74, 6) is 1.52. The lowest BCUT2D eigenvalue weighted by atomic mass is 9.98. The van der Waals surface area contributed by atoms with Gasteiger partial charge in [-0.05, 0) is 43.4 Å². The van der Waals surface area contributed by atoms with Crippen LogP contribution < -0.4 is 5.32 Å². The van der Waals surface area contributed by atoms with Crippen molar-refractivity contribution >= 4 is 35.4 Å². The van der Waals surface area contributed by atoms with Gasteiger partial charge in [-0.2, -0.15) is 5.26 Å². The largest absolute Gasteiger partial charge is 0.452 e. The highest BCUT2D eigenvalue weighted by Gasteiger charge is 2.43. The Morgan fingerprint density at radius 3 is 2.48 bits per heavy atom. The number of rotatable bonds is 6. The maximum atomic E-state index is 12.1. The number of benzene rings is 1. The van der Waals surface area contributed by atoms with E-state index in [2.05, 4.69) is 11.4 Å². The summed E-state index contributed by atoms with van der Waals surface area (Å²) in [4.78, 5) is 24.1. The average Bonchev–Trinajstić information content (AvgIpc) is 3.35. The van der Waals surface area contributed by atoms with Crippen LogP contribution in [0.3, 0.4) is 0 Å². The third-order valence-corrected chi connectivity index (χ3v) is 7.50. The fraction of sp³-hybridized carbons (Fsp3) is 0.500. The molecule has 2 fully saturated rings. The Labute approximate surface area is 155 Å². The Balaban J connectivity index is 1.50. The molecule has 1 aromatic rings. The molecule has 0 unspecified atom stereocenters. The van der Waals surface area contributed by atoms with Crippen LogP contribution in [0, 0.1) is 17.2 Å². The maximum absolute atomic E-state index is 12.1. The number of nitriles is 1. The standard InChI is InChI=1S/C18H20N2O3S2/c1-18(11-19,14-6-7-14)20-15(21)10-23-16(22)12-2-4-13(5-3-12)17-24-8-9-25-17/h2-5,14,17H,6-10H2,1H3,(H,20,21)/t18-/m1/s1. The van der Waals surface area contributed by atoms with E-state index >= 15 is 0 Å². The molecule has 7 heteroatoms. The zero-order chi connectivity index (χ0) is 17.9. The molecular formula is C18H20N2O3S2. The highest BCUT2D eigenvalue weighted by Crippen LogP contribution is 2.45. The predicted octanol–water partition coefficient (Wildman–Crippen LogP) is 3.13. The second-order valence-electron chi connectivity index (χ2n) is 6.41. The van der Waals surface area contributed by atoms with Crippen LogP contribution in [0.4, 0.5) is 0 Å². The van der Waals surface area contributed by atoms with E-state index in [0.29, 0.717) is 10.1 Å². The molecule has 1 aliphatic carbocycles. The average molecular weight is 377 g/mol. The van der Waals surface area contributed by atoms with Gasteiger partial charge in [-0.1, -0.05) is 12.1 Å². The van der Waals surface area contributed by atoms with Crippen molar-refractivity contribution < 1.29 is 14.3 Å². The molecule has 1 N–H and O–H groups in total. The van der Waals surface area contributed by atoms with Gasteiger partial charge >= 0.3 is 5.97 Å². The number of hydrogen-bond donors (Lipinski definition) is 1. The molecule has 1 saturated carbocycles. The minimum Gasteiger partial charge on any atom is -0.452 e. The lowest BCUT2D eigenvalue weighted by Crippen LogP contribution is -2.48. The second-order valence-corrected chi connectivity index (χ2v) is 9.13. The molecule has 0 radical (unpaired) electrons. The minimum absolute atomic E-state index is 0.191. The Hall–Kier alpha value is -1.65. The van der Waals surface area contributed by atoms with Gasteiger partial charge in [-0.15, -0.1) is 23.5 Å². The Morgan fingerprint density at radius 2 is 1.92 bits per heavy atom. The molecule has 0 bridgehead atoms. The quantitative estimate of drug-likeness (QED) is 0.769. The topological polar surface area (TPSA) is 79.2 Å². The van der Waals surface area contributed by atoms with Crippen LogP contribution >= 0.6 is 23.5 Å². The number of esters is 1. The summed E-state index contributed by atoms with van der Waals surface area (Å²) >= 11 is 3.81. The lowest BCUT2D eigenvalue weighted by Gasteiger charge is -2.22. The number of ether oxygens (including phenoxy) is 1. The first kappa shape index (κ1) is 18.2. The number of thioether (sulfide) groups is 2. The molecule has 1 saturated heterocycles. The van der Waals surface area contributed by atoms with Crippen LogP contribution in [0.1, 0.15) is 40.3 Å². The smallest absolute Gasteiger partial charge is 0.338 e. The van der Waals surface area contributed by atoms with Gasteiger partial charge in [0.05, 0.1) is 16.2 Å². The minimum atomic E-state index is -0.873. The summed E-state index contributed by atoms with van der Waals surface area (Å²) in [7, 11) is 0. The molecule has 1 aromatic carbocycles. The third-order valence-electron chi connectivity index (χ3n) is 4.40. The van der Waals surface area contributed by atoms with E-state index in [9.17, 15) is 14.9 Å². The maximum Gasteiger partial charge on any atom is 0.338 e. The fourth-order valence-corrected chi connectivity index (χ4v) is 5.61. The summed E-state index contributed by atoms with van der Waals surface area (Å²) in [5.41, 5.74) is 0.743. The van der Waals surface area contributed by atoms with Gasteiger partial charge in [0.25, 0.3) is 5.91 Å². The van der Waals surface area contributed by atoms with E-state index in [1.165, 1.54) is 5.56 Å². The van der Waals surface area contributed by atoms with Crippen molar-refractivity contribution in [3.8, 4) is 6.07 Å². The molecule has 0 aromatic heterocycles. The van der Waals surface area contributed by atoms with Crippen LogP contribution in [-0.4, -0.2) is 35.5 Å². The summed E-state index contributed by atoms with van der Waals surface area (Å²) < 4.78 is 5.51. The molecule has 1 aliphatic heterocycles. The van der Waals surface area contributed by atoms with Crippen molar-refractivity contribution in [1.29, 1.82) is 5.26 Å². The van der Waals surface area contributed by atoms with E-state index in [4.69, 9.17) is 4.74 Å². The summed E-state index contributed by atoms with van der Waals surface area (Å²) in [6.07, 6.45) is 1.88. The normalized spacial score (nSPS) is 19.7. The number of hydrogen-bond acceptors (Lipinski definition) is 6. The second kappa shape index (κ2) is 7.71. The molecule has 3 rings (SSSR count). The summed E-state index contributed by atoms with van der Waals surface area (Å²) in [6, 6.07) is 9.49. The van der Waals surface area contributed by atoms with E-state index in [1.807, 2.05) is 35.7 Å². The monoisotopic (exact) mass is 376 g/mol. The van der Waals surface area contributed by atoms with Gasteiger partial charge in [0.2, 0.25) is 0 Å². The molecular weight excluding hydrogens is 356 g/mol. The van der Waals surface area contributed by atoms with Crippen LogP contribution in [0.25, 0.3) is 0 Å². The van der Waals surface area contributed by atoms with Crippen molar-refractivity contribution in [2.75, 3.05) is 18.1 Å². The van der Waals surface area contributed by atoms with Crippen molar-refractivity contribution in [2.45, 2.75) is 29.9 Å². The van der Waals surface area contributed by atoms with Gasteiger partial charge in [-0.3, -0.25) is 4.79 Å². The number of nitrogens with zero attached hydrogens (tertiary/aromatic N) is 1. The van der Waals surface area contributed by atoms with Crippen molar-refractivity contribution in [3.05, 3.63) is 35.4 Å². The lowest BCUT2D eigenvalue weighted by molar-refractivity contribution is -0.125. The van der Waals surface area contributed by atoms with Gasteiger partial charge < -0.3 is 10.1 Å². The van der Waals surface area contributed by atoms with Crippen LogP contribution in [0.2, 0.25) is 0 Å². The zero-order valence-electron chi connectivity index (χ0n) is 14.0. The first-order chi connectivity index (χ1) is 12.0. The Bertz CT molecular complexity index is 691. The number of amides is 1. The third kappa shape index (κ3) is 4.50. The van der Waals surface area contributed by atoms with E-state index < -0.39 is 17.4 Å². The number of carbonyl (C=O) groups excluding carboxylic acids is 2. The van der Waals surface area contributed by atoms with Crippen LogP contribution in [0.5, 0.6) is 0 Å². The number of nitrogens with one attached hydrogen (secondary N) is 1. The highest BCUT2D eigenvalue weighted by molar-refractivity contribution is 8.19. The van der Waals surface area contributed by atoms with Gasteiger partial charge in [0.15, 0.2) is 6.61 Å². The summed E-state index contributed by atoms with van der Waals surface area (Å²) in [5, 5.41) is 11.9. The molecule has 1 atom stereocenters. The highest BCUT2D eigenvalue weighted by atomic mass is 32.2. The first-order valence-corrected chi connectivity index (χ1v) is 10.3. The molecule has 0 spiro atoms. The van der Waals surface area contributed by atoms with Crippen LogP contribution in [0.15, 0.2) is 24.3 Å². The van der Waals surface area contributed by atoms with Crippen LogP contribution in [-0.2, 0) is 9.53 Å². The summed E-state index contributed by atoms with van der Waals surface area (Å²) in [6.45, 7) is 1.33. The van der Waals surface area contributed by atoms with Gasteiger partial charge in [-0.25, -0.2) is 4.79 Å². The molecule has 1 heterocycles. The Kier molecular flexibility index (Phi) is 5.60. The number of carbonyl (C=O) groups is 2. The fourth-order valence-electron chi connectivity index (χ4n) is 2.75. The molecule has 25 heavy (non-hydrogen) atoms. The first-order valence-electron chi connectivity index (χ1n) is 8.24. The molecule has 1 amide bonds. The van der Waals surface area contributed by atoms with Crippen molar-refractivity contribution in [2.24, 2.45) is 5.92 Å². The van der Waals surface area contributed by atoms with E-state index in [1.54, 1.807) is 19.1 Å². The van der Waals surface area contributed by atoms with E-state index in [0.717, 1.165) is 24.3 Å². The molecule has 132 valence electrons. The van der Waals surface area contributed by atoms with Crippen molar-refractivity contribution in [3.63, 3.8) is 0 Å². The van der Waals surface area contributed by atoms with E-state index in [-0.39, 0.29) is 12.5 Å². The zero-order valence-corrected chi connectivity index (χ0v) is 15.6. The predicted molar refractivity (Wildman–Crippen MR) is 99.3 cm³/mol. The van der Waals surface area contributed by atoms with Gasteiger partial charge in [0.1, 0.15) is 5.54 Å². The SMILES string of the molecule is C[C@](C#N)(NC(=O)COC(=O)c1ccc(C2SCCS2)cc1)C1CC1. The molecule has 2 aliphatic rings. The van der Waals surface area contributed by atoms with Gasteiger partial charge in [0, 0.05) is 11.5 Å². The molecule has 5 nitrogen and oxygen atoms in total.